The Hall–Kier alpha value is -3.35. The summed E-state index contributed by atoms with van der Waals surface area (Å²) in [4.78, 5) is 37.0. The zero-order chi connectivity index (χ0) is 22.1. The van der Waals surface area contributed by atoms with E-state index in [1.807, 2.05) is 44.2 Å². The molecule has 0 aliphatic heterocycles. The van der Waals surface area contributed by atoms with Gasteiger partial charge < -0.3 is 20.5 Å². The minimum Gasteiger partial charge on any atom is -0.508 e. The van der Waals surface area contributed by atoms with E-state index in [0.29, 0.717) is 0 Å². The summed E-state index contributed by atoms with van der Waals surface area (Å²) in [6, 6.07) is 13.9. The van der Waals surface area contributed by atoms with Crippen molar-refractivity contribution in [3.8, 4) is 5.75 Å². The zero-order valence-electron chi connectivity index (χ0n) is 17.4. The van der Waals surface area contributed by atoms with Gasteiger partial charge in [-0.1, -0.05) is 56.3 Å². The Kier molecular flexibility index (Phi) is 8.41. The molecule has 160 valence electrons. The molecule has 2 aromatic carbocycles. The summed E-state index contributed by atoms with van der Waals surface area (Å²) in [5.74, 6) is -1.42. The van der Waals surface area contributed by atoms with Crippen LogP contribution in [0, 0.1) is 5.92 Å². The molecular formula is C23H28N2O5. The highest BCUT2D eigenvalue weighted by Gasteiger charge is 2.29. The molecular weight excluding hydrogens is 384 g/mol. The van der Waals surface area contributed by atoms with Gasteiger partial charge in [0, 0.05) is 13.3 Å². The number of hydrogen-bond donors (Lipinski definition) is 3. The molecule has 2 atom stereocenters. The number of benzene rings is 2. The molecule has 0 saturated heterocycles. The number of ether oxygens (including phenoxy) is 1. The quantitative estimate of drug-likeness (QED) is 0.548. The number of phenolic OH excluding ortho intramolecular Hbond substituents is 1. The Bertz CT molecular complexity index is 850. The molecule has 2 aromatic rings. The van der Waals surface area contributed by atoms with Gasteiger partial charge in [-0.25, -0.2) is 4.79 Å². The first-order valence-electron chi connectivity index (χ1n) is 9.82. The Morgan fingerprint density at radius 1 is 0.933 bits per heavy atom. The second-order valence-corrected chi connectivity index (χ2v) is 7.45. The molecule has 0 saturated carbocycles. The Balaban J connectivity index is 2.14. The molecule has 0 aliphatic rings. The van der Waals surface area contributed by atoms with E-state index in [1.165, 1.54) is 19.1 Å². The lowest BCUT2D eigenvalue weighted by Crippen LogP contribution is -2.54. The summed E-state index contributed by atoms with van der Waals surface area (Å²) in [5.41, 5.74) is 1.58. The first kappa shape index (κ1) is 22.9. The highest BCUT2D eigenvalue weighted by Crippen LogP contribution is 2.13. The van der Waals surface area contributed by atoms with Gasteiger partial charge in [0.2, 0.25) is 11.8 Å². The zero-order valence-corrected chi connectivity index (χ0v) is 17.4. The van der Waals surface area contributed by atoms with Crippen LogP contribution in [0.2, 0.25) is 0 Å². The maximum absolute atomic E-state index is 12.8. The van der Waals surface area contributed by atoms with Crippen LogP contribution >= 0.6 is 0 Å². The van der Waals surface area contributed by atoms with Gasteiger partial charge in [-0.15, -0.1) is 0 Å². The van der Waals surface area contributed by atoms with Gasteiger partial charge in [0.05, 0.1) is 0 Å². The molecule has 7 heteroatoms. The fourth-order valence-electron chi connectivity index (χ4n) is 2.91. The summed E-state index contributed by atoms with van der Waals surface area (Å²) in [6.07, 6.45) is 0.185. The third-order valence-corrected chi connectivity index (χ3v) is 4.51. The normalized spacial score (nSPS) is 12.7. The molecule has 30 heavy (non-hydrogen) atoms. The second-order valence-electron chi connectivity index (χ2n) is 7.45. The third-order valence-electron chi connectivity index (χ3n) is 4.51. The molecule has 3 N–H and O–H groups in total. The minimum atomic E-state index is -0.944. The lowest BCUT2D eigenvalue weighted by atomic mass is 10.0. The number of rotatable bonds is 9. The largest absolute Gasteiger partial charge is 0.508 e. The van der Waals surface area contributed by atoms with Gasteiger partial charge in [0.1, 0.15) is 24.4 Å². The van der Waals surface area contributed by atoms with Crippen molar-refractivity contribution in [3.05, 3.63) is 65.7 Å². The van der Waals surface area contributed by atoms with Gasteiger partial charge in [-0.3, -0.25) is 9.59 Å². The van der Waals surface area contributed by atoms with Gasteiger partial charge in [-0.2, -0.15) is 0 Å². The first-order valence-corrected chi connectivity index (χ1v) is 9.82. The average Bonchev–Trinajstić information content (AvgIpc) is 2.71. The lowest BCUT2D eigenvalue weighted by Gasteiger charge is -2.24. The number of carbonyl (C=O) groups is 3. The van der Waals surface area contributed by atoms with Gasteiger partial charge in [-0.05, 0) is 29.2 Å². The van der Waals surface area contributed by atoms with E-state index in [-0.39, 0.29) is 30.6 Å². The number of hydrogen-bond acceptors (Lipinski definition) is 5. The number of esters is 1. The maximum atomic E-state index is 12.8. The van der Waals surface area contributed by atoms with Crippen molar-refractivity contribution in [2.45, 2.75) is 45.9 Å². The summed E-state index contributed by atoms with van der Waals surface area (Å²) < 4.78 is 5.42. The Morgan fingerprint density at radius 3 is 2.13 bits per heavy atom. The molecule has 0 radical (unpaired) electrons. The van der Waals surface area contributed by atoms with E-state index in [9.17, 15) is 19.5 Å². The van der Waals surface area contributed by atoms with Crippen molar-refractivity contribution in [1.82, 2.24) is 10.6 Å². The van der Waals surface area contributed by atoms with Crippen LogP contribution in [-0.2, 0) is 32.1 Å². The SMILES string of the molecule is CC(=O)N[C@H](C(=O)NC(Cc1ccc(O)cc1)C(=O)OCc1ccccc1)C(C)C. The summed E-state index contributed by atoms with van der Waals surface area (Å²) in [6.45, 7) is 5.04. The number of carbonyl (C=O) groups excluding carboxylic acids is 3. The molecule has 0 spiro atoms. The standard InChI is InChI=1S/C23H28N2O5/c1-15(2)21(24-16(3)26)22(28)25-20(13-17-9-11-19(27)12-10-17)23(29)30-14-18-7-5-4-6-8-18/h4-12,15,20-21,27H,13-14H2,1-3H3,(H,24,26)(H,25,28)/t20?,21-/m0/s1. The first-order chi connectivity index (χ1) is 14.3. The number of amides is 2. The fraction of sp³-hybridized carbons (Fsp3) is 0.348. The molecule has 1 unspecified atom stereocenters. The van der Waals surface area contributed by atoms with Crippen LogP contribution in [0.4, 0.5) is 0 Å². The average molecular weight is 412 g/mol. The van der Waals surface area contributed by atoms with E-state index in [1.54, 1.807) is 12.1 Å². The Morgan fingerprint density at radius 2 is 1.57 bits per heavy atom. The Labute approximate surface area is 176 Å². The van der Waals surface area contributed by atoms with Gasteiger partial charge in [0.15, 0.2) is 0 Å². The van der Waals surface area contributed by atoms with E-state index < -0.39 is 24.0 Å². The summed E-state index contributed by atoms with van der Waals surface area (Å²) >= 11 is 0. The molecule has 7 nitrogen and oxygen atoms in total. The smallest absolute Gasteiger partial charge is 0.329 e. The van der Waals surface area contributed by atoms with Gasteiger partial charge in [0.25, 0.3) is 0 Å². The summed E-state index contributed by atoms with van der Waals surface area (Å²) in [7, 11) is 0. The van der Waals surface area contributed by atoms with Crippen LogP contribution in [0.15, 0.2) is 54.6 Å². The van der Waals surface area contributed by atoms with Crippen molar-refractivity contribution < 1.29 is 24.2 Å². The maximum Gasteiger partial charge on any atom is 0.329 e. The molecule has 2 amide bonds. The molecule has 0 heterocycles. The highest BCUT2D eigenvalue weighted by atomic mass is 16.5. The van der Waals surface area contributed by atoms with Crippen LogP contribution in [0.1, 0.15) is 31.9 Å². The van der Waals surface area contributed by atoms with E-state index in [0.717, 1.165) is 11.1 Å². The van der Waals surface area contributed by atoms with Crippen molar-refractivity contribution in [2.75, 3.05) is 0 Å². The van der Waals surface area contributed by atoms with Crippen molar-refractivity contribution in [1.29, 1.82) is 0 Å². The molecule has 0 fully saturated rings. The molecule has 2 rings (SSSR count). The number of aromatic hydroxyl groups is 1. The van der Waals surface area contributed by atoms with E-state index in [4.69, 9.17) is 4.74 Å². The van der Waals surface area contributed by atoms with Crippen LogP contribution in [-0.4, -0.2) is 35.0 Å². The minimum absolute atomic E-state index is 0.0843. The van der Waals surface area contributed by atoms with Crippen molar-refractivity contribution >= 4 is 17.8 Å². The predicted octanol–water partition coefficient (Wildman–Crippen LogP) is 2.32. The van der Waals surface area contributed by atoms with Crippen LogP contribution in [0.25, 0.3) is 0 Å². The van der Waals surface area contributed by atoms with Gasteiger partial charge >= 0.3 is 5.97 Å². The fourth-order valence-corrected chi connectivity index (χ4v) is 2.91. The monoisotopic (exact) mass is 412 g/mol. The number of phenols is 1. The second kappa shape index (κ2) is 11.0. The topological polar surface area (TPSA) is 105 Å². The predicted molar refractivity (Wildman–Crippen MR) is 112 cm³/mol. The highest BCUT2D eigenvalue weighted by molar-refractivity contribution is 5.90. The molecule has 0 aromatic heterocycles. The van der Waals surface area contributed by atoms with Crippen molar-refractivity contribution in [3.63, 3.8) is 0 Å². The van der Waals surface area contributed by atoms with Crippen molar-refractivity contribution in [2.24, 2.45) is 5.92 Å². The van der Waals surface area contributed by atoms with Crippen LogP contribution in [0.3, 0.4) is 0 Å². The lowest BCUT2D eigenvalue weighted by molar-refractivity contribution is -0.149. The molecule has 0 aliphatic carbocycles. The molecule has 0 bridgehead atoms. The summed E-state index contributed by atoms with van der Waals surface area (Å²) in [5, 5.41) is 14.8. The van der Waals surface area contributed by atoms with Crippen LogP contribution < -0.4 is 10.6 Å². The van der Waals surface area contributed by atoms with E-state index >= 15 is 0 Å². The number of nitrogens with one attached hydrogen (secondary N) is 2. The van der Waals surface area contributed by atoms with E-state index in [2.05, 4.69) is 10.6 Å². The van der Waals surface area contributed by atoms with Crippen LogP contribution in [0.5, 0.6) is 5.75 Å². The third kappa shape index (κ3) is 7.24.